The highest BCUT2D eigenvalue weighted by atomic mass is 16.1. The molecule has 1 heterocycles. The van der Waals surface area contributed by atoms with Crippen LogP contribution in [0.15, 0.2) is 0 Å². The van der Waals surface area contributed by atoms with Gasteiger partial charge in [0.15, 0.2) is 0 Å². The minimum atomic E-state index is -0.596. The van der Waals surface area contributed by atoms with Gasteiger partial charge >= 0.3 is 0 Å². The van der Waals surface area contributed by atoms with E-state index in [1.807, 2.05) is 19.0 Å². The van der Waals surface area contributed by atoms with Crippen molar-refractivity contribution in [2.75, 3.05) is 19.8 Å². The highest BCUT2D eigenvalue weighted by molar-refractivity contribution is 5.98. The van der Waals surface area contributed by atoms with Crippen molar-refractivity contribution < 1.29 is 4.79 Å². The molecule has 0 fully saturated rings. The molecule has 0 aliphatic carbocycles. The van der Waals surface area contributed by atoms with Crippen LogP contribution >= 0.6 is 0 Å². The molecule has 0 aromatic carbocycles. The zero-order valence-electron chi connectivity index (χ0n) is 9.11. The number of aromatic nitrogens is 2. The van der Waals surface area contributed by atoms with Crippen LogP contribution in [0.3, 0.4) is 0 Å². The molecule has 15 heavy (non-hydrogen) atoms. The van der Waals surface area contributed by atoms with Crippen LogP contribution < -0.4 is 11.5 Å². The second-order valence-electron chi connectivity index (χ2n) is 3.59. The van der Waals surface area contributed by atoms with Crippen LogP contribution in [-0.2, 0) is 6.54 Å². The van der Waals surface area contributed by atoms with Crippen LogP contribution in [0.1, 0.15) is 21.9 Å². The van der Waals surface area contributed by atoms with Gasteiger partial charge in [0.25, 0.3) is 5.91 Å². The lowest BCUT2D eigenvalue weighted by Crippen LogP contribution is -2.20. The minimum absolute atomic E-state index is 0.145. The molecule has 0 spiro atoms. The molecule has 0 atom stereocenters. The van der Waals surface area contributed by atoms with E-state index in [9.17, 15) is 4.79 Å². The number of nitrogens with zero attached hydrogens (tertiary/aromatic N) is 3. The van der Waals surface area contributed by atoms with Gasteiger partial charge in [0, 0.05) is 0 Å². The summed E-state index contributed by atoms with van der Waals surface area (Å²) in [6.45, 7) is 2.27. The number of carbonyl (C=O) groups excluding carboxylic acids is 1. The predicted molar refractivity (Wildman–Crippen MR) is 57.1 cm³/mol. The molecule has 0 aliphatic heterocycles. The van der Waals surface area contributed by atoms with Crippen molar-refractivity contribution in [2.24, 2.45) is 5.73 Å². The molecule has 0 saturated carbocycles. The van der Waals surface area contributed by atoms with Gasteiger partial charge in [-0.25, -0.2) is 9.97 Å². The second-order valence-corrected chi connectivity index (χ2v) is 3.59. The number of hydrogen-bond donors (Lipinski definition) is 2. The smallest absolute Gasteiger partial charge is 0.254 e. The van der Waals surface area contributed by atoms with Crippen molar-refractivity contribution in [3.8, 4) is 0 Å². The average molecular weight is 209 g/mol. The molecule has 1 amide bonds. The van der Waals surface area contributed by atoms with E-state index in [-0.39, 0.29) is 11.4 Å². The van der Waals surface area contributed by atoms with Crippen LogP contribution in [-0.4, -0.2) is 34.9 Å². The molecular weight excluding hydrogens is 194 g/mol. The number of rotatable bonds is 3. The van der Waals surface area contributed by atoms with E-state index in [4.69, 9.17) is 11.5 Å². The van der Waals surface area contributed by atoms with Gasteiger partial charge in [-0.1, -0.05) is 0 Å². The third kappa shape index (κ3) is 2.63. The number of nitrogen functional groups attached to an aromatic ring is 1. The molecule has 0 aliphatic rings. The summed E-state index contributed by atoms with van der Waals surface area (Å²) in [5.41, 5.74) is 11.5. The van der Waals surface area contributed by atoms with Gasteiger partial charge in [0.05, 0.1) is 12.2 Å². The van der Waals surface area contributed by atoms with Crippen molar-refractivity contribution in [1.82, 2.24) is 14.9 Å². The Kier molecular flexibility index (Phi) is 3.21. The molecule has 0 unspecified atom stereocenters. The summed E-state index contributed by atoms with van der Waals surface area (Å²) in [7, 11) is 3.80. The van der Waals surface area contributed by atoms with Gasteiger partial charge in [0.1, 0.15) is 17.2 Å². The standard InChI is InChI=1S/C9H15N5O/c1-5-7(9(11)15)8(10)13-6(12-5)4-14(2)3/h4H2,1-3H3,(H2,11,15)(H2,10,12,13). The Morgan fingerprint density at radius 3 is 2.40 bits per heavy atom. The maximum atomic E-state index is 11.0. The Morgan fingerprint density at radius 1 is 1.40 bits per heavy atom. The first-order chi connectivity index (χ1) is 6.91. The fraction of sp³-hybridized carbons (Fsp3) is 0.444. The number of aryl methyl sites for hydroxylation is 1. The Bertz CT molecular complexity index is 365. The zero-order valence-corrected chi connectivity index (χ0v) is 9.11. The molecule has 1 aromatic rings. The van der Waals surface area contributed by atoms with Gasteiger partial charge in [-0.3, -0.25) is 4.79 Å². The Hall–Kier alpha value is -1.69. The lowest BCUT2D eigenvalue weighted by molar-refractivity contribution is 0.1000. The first-order valence-corrected chi connectivity index (χ1v) is 4.49. The molecule has 1 rings (SSSR count). The summed E-state index contributed by atoms with van der Waals surface area (Å²) in [5.74, 6) is 0.133. The van der Waals surface area contributed by atoms with E-state index in [0.29, 0.717) is 18.1 Å². The number of hydrogen-bond acceptors (Lipinski definition) is 5. The highest BCUT2D eigenvalue weighted by Crippen LogP contribution is 2.12. The summed E-state index contributed by atoms with van der Waals surface area (Å²) in [5, 5.41) is 0. The summed E-state index contributed by atoms with van der Waals surface area (Å²) in [6.07, 6.45) is 0. The number of carbonyl (C=O) groups is 1. The molecule has 0 saturated heterocycles. The first kappa shape index (κ1) is 11.4. The van der Waals surface area contributed by atoms with Gasteiger partial charge in [-0.2, -0.15) is 0 Å². The maximum Gasteiger partial charge on any atom is 0.254 e. The number of nitrogens with two attached hydrogens (primary N) is 2. The molecule has 0 radical (unpaired) electrons. The fourth-order valence-electron chi connectivity index (χ4n) is 1.31. The van der Waals surface area contributed by atoms with E-state index in [0.717, 1.165) is 0 Å². The third-order valence-corrected chi connectivity index (χ3v) is 1.87. The molecule has 4 N–H and O–H groups in total. The average Bonchev–Trinajstić information content (AvgIpc) is 1.99. The van der Waals surface area contributed by atoms with E-state index in [1.54, 1.807) is 6.92 Å². The lowest BCUT2D eigenvalue weighted by Gasteiger charge is -2.11. The van der Waals surface area contributed by atoms with Crippen LogP contribution in [0.25, 0.3) is 0 Å². The van der Waals surface area contributed by atoms with Gasteiger partial charge in [-0.05, 0) is 21.0 Å². The van der Waals surface area contributed by atoms with Crippen LogP contribution in [0, 0.1) is 6.92 Å². The molecule has 0 bridgehead atoms. The number of anilines is 1. The second kappa shape index (κ2) is 4.22. The highest BCUT2D eigenvalue weighted by Gasteiger charge is 2.13. The maximum absolute atomic E-state index is 11.0. The van der Waals surface area contributed by atoms with Gasteiger partial charge < -0.3 is 16.4 Å². The van der Waals surface area contributed by atoms with Crippen molar-refractivity contribution >= 4 is 11.7 Å². The lowest BCUT2D eigenvalue weighted by atomic mass is 10.2. The zero-order chi connectivity index (χ0) is 11.6. The Balaban J connectivity index is 3.14. The van der Waals surface area contributed by atoms with Crippen LogP contribution in [0.5, 0.6) is 0 Å². The van der Waals surface area contributed by atoms with E-state index >= 15 is 0 Å². The van der Waals surface area contributed by atoms with Gasteiger partial charge in [0.2, 0.25) is 0 Å². The molecule has 1 aromatic heterocycles. The number of amides is 1. The minimum Gasteiger partial charge on any atom is -0.383 e. The van der Waals surface area contributed by atoms with Crippen molar-refractivity contribution in [3.63, 3.8) is 0 Å². The molecule has 6 nitrogen and oxygen atoms in total. The summed E-state index contributed by atoms with van der Waals surface area (Å²) in [6, 6.07) is 0. The molecule has 82 valence electrons. The number of primary amides is 1. The normalized spacial score (nSPS) is 10.7. The largest absolute Gasteiger partial charge is 0.383 e. The third-order valence-electron chi connectivity index (χ3n) is 1.87. The quantitative estimate of drug-likeness (QED) is 0.701. The monoisotopic (exact) mass is 209 g/mol. The fourth-order valence-corrected chi connectivity index (χ4v) is 1.31. The summed E-state index contributed by atoms with van der Waals surface area (Å²) >= 11 is 0. The first-order valence-electron chi connectivity index (χ1n) is 4.49. The van der Waals surface area contributed by atoms with Gasteiger partial charge in [-0.15, -0.1) is 0 Å². The van der Waals surface area contributed by atoms with Crippen LogP contribution in [0.2, 0.25) is 0 Å². The van der Waals surface area contributed by atoms with E-state index in [2.05, 4.69) is 9.97 Å². The topological polar surface area (TPSA) is 98.1 Å². The Labute approximate surface area is 88.3 Å². The predicted octanol–water partition coefficient (Wildman–Crippen LogP) is -0.472. The molecule has 6 heteroatoms. The summed E-state index contributed by atoms with van der Waals surface area (Å²) in [4.78, 5) is 21.1. The van der Waals surface area contributed by atoms with Crippen LogP contribution in [0.4, 0.5) is 5.82 Å². The van der Waals surface area contributed by atoms with Crippen molar-refractivity contribution in [2.45, 2.75) is 13.5 Å². The van der Waals surface area contributed by atoms with E-state index in [1.165, 1.54) is 0 Å². The summed E-state index contributed by atoms with van der Waals surface area (Å²) < 4.78 is 0. The molecular formula is C9H15N5O. The van der Waals surface area contributed by atoms with E-state index < -0.39 is 5.91 Å². The van der Waals surface area contributed by atoms with Crippen molar-refractivity contribution in [1.29, 1.82) is 0 Å². The van der Waals surface area contributed by atoms with Crippen molar-refractivity contribution in [3.05, 3.63) is 17.1 Å². The SMILES string of the molecule is Cc1nc(CN(C)C)nc(N)c1C(N)=O. The Morgan fingerprint density at radius 2 is 2.00 bits per heavy atom.